The molecule has 9 heteroatoms. The molecule has 0 aromatic carbocycles. The predicted molar refractivity (Wildman–Crippen MR) is 95.5 cm³/mol. The molecule has 2 aromatic rings. The molecular weight excluding hydrogens is 373 g/mol. The summed E-state index contributed by atoms with van der Waals surface area (Å²) in [5, 5.41) is 5.39. The van der Waals surface area contributed by atoms with Gasteiger partial charge in [0, 0.05) is 17.5 Å². The summed E-state index contributed by atoms with van der Waals surface area (Å²) in [5.41, 5.74) is 5.56. The summed E-state index contributed by atoms with van der Waals surface area (Å²) in [5.74, 6) is -0.208. The number of hydrogen-bond acceptors (Lipinski definition) is 5. The highest BCUT2D eigenvalue weighted by molar-refractivity contribution is 7.23. The van der Waals surface area contributed by atoms with Crippen molar-refractivity contribution in [3.63, 3.8) is 0 Å². The highest BCUT2D eigenvalue weighted by Gasteiger charge is 2.21. The zero-order valence-electron chi connectivity index (χ0n) is 11.4. The van der Waals surface area contributed by atoms with Crippen LogP contribution in [-0.2, 0) is 0 Å². The summed E-state index contributed by atoms with van der Waals surface area (Å²) in [6, 6.07) is 3.72. The van der Waals surface area contributed by atoms with Crippen LogP contribution in [0.3, 0.4) is 0 Å². The van der Waals surface area contributed by atoms with E-state index in [1.807, 2.05) is 26.0 Å². The van der Waals surface area contributed by atoms with Crippen LogP contribution in [0.15, 0.2) is 17.5 Å². The van der Waals surface area contributed by atoms with Crippen LogP contribution < -0.4 is 11.1 Å². The Morgan fingerprint density at radius 2 is 2.10 bits per heavy atom. The number of nitrogens with zero attached hydrogens (tertiary/aromatic N) is 1. The van der Waals surface area contributed by atoms with Crippen molar-refractivity contribution in [1.82, 2.24) is 10.3 Å². The molecule has 0 spiro atoms. The van der Waals surface area contributed by atoms with E-state index in [0.717, 1.165) is 9.88 Å². The molecule has 0 radical (unpaired) electrons. The third-order valence-corrected chi connectivity index (χ3v) is 4.73. The molecule has 2 heterocycles. The van der Waals surface area contributed by atoms with E-state index in [-0.39, 0.29) is 30.7 Å². The summed E-state index contributed by atoms with van der Waals surface area (Å²) in [6.45, 7) is 4.12. The number of nitrogens with two attached hydrogens (primary N) is 1. The lowest BCUT2D eigenvalue weighted by Crippen LogP contribution is -2.48. The maximum atomic E-state index is 12.0. The Morgan fingerprint density at radius 3 is 2.62 bits per heavy atom. The van der Waals surface area contributed by atoms with Crippen LogP contribution in [0, 0.1) is 0 Å². The minimum atomic E-state index is -0.437. The first-order valence-corrected chi connectivity index (χ1v) is 7.72. The number of amides is 1. The van der Waals surface area contributed by atoms with Crippen molar-refractivity contribution < 1.29 is 4.79 Å². The molecule has 4 nitrogen and oxygen atoms in total. The first-order valence-electron chi connectivity index (χ1n) is 5.65. The largest absolute Gasteiger partial charge is 0.345 e. The van der Waals surface area contributed by atoms with Crippen molar-refractivity contribution >= 4 is 65.0 Å². The smallest absolute Gasteiger partial charge is 0.271 e. The van der Waals surface area contributed by atoms with Crippen LogP contribution in [-0.4, -0.2) is 23.0 Å². The van der Waals surface area contributed by atoms with Gasteiger partial charge in [0.1, 0.15) is 10.7 Å². The number of hydrogen-bond donors (Lipinski definition) is 2. The fourth-order valence-electron chi connectivity index (χ4n) is 1.34. The van der Waals surface area contributed by atoms with Crippen LogP contribution in [0.1, 0.15) is 24.3 Å². The molecule has 0 unspecified atom stereocenters. The van der Waals surface area contributed by atoms with E-state index in [2.05, 4.69) is 10.3 Å². The topological polar surface area (TPSA) is 68.0 Å². The van der Waals surface area contributed by atoms with Gasteiger partial charge in [-0.2, -0.15) is 0 Å². The Morgan fingerprint density at radius 1 is 1.43 bits per heavy atom. The number of carbonyl (C=O) groups excluding carboxylic acids is 1. The quantitative estimate of drug-likeness (QED) is 0.836. The molecule has 0 atom stereocenters. The van der Waals surface area contributed by atoms with Crippen LogP contribution in [0.2, 0.25) is 4.34 Å². The molecule has 2 aromatic heterocycles. The van der Waals surface area contributed by atoms with E-state index < -0.39 is 5.54 Å². The molecule has 21 heavy (non-hydrogen) atoms. The monoisotopic (exact) mass is 387 g/mol. The number of aromatic nitrogens is 1. The summed E-state index contributed by atoms with van der Waals surface area (Å²) < 4.78 is 0.709. The summed E-state index contributed by atoms with van der Waals surface area (Å²) in [6.07, 6.45) is 0. The van der Waals surface area contributed by atoms with Gasteiger partial charge >= 0.3 is 0 Å². The maximum absolute atomic E-state index is 12.0. The van der Waals surface area contributed by atoms with Gasteiger partial charge in [0.05, 0.1) is 9.21 Å². The lowest BCUT2D eigenvalue weighted by atomic mass is 10.1. The standard InChI is InChI=1S/C12H14ClN3OS2.2ClH/c1-12(2,6-14)16-10(17)7-5-18-11(15-7)8-3-4-9(13)19-8;;/h3-5H,6,14H2,1-2H3,(H,16,17);2*1H. The lowest BCUT2D eigenvalue weighted by Gasteiger charge is -2.23. The van der Waals surface area contributed by atoms with Crippen molar-refractivity contribution in [2.75, 3.05) is 6.54 Å². The third-order valence-electron chi connectivity index (χ3n) is 2.48. The SMILES string of the molecule is CC(C)(CN)NC(=O)c1csc(-c2ccc(Cl)s2)n1.Cl.Cl. The second-order valence-electron chi connectivity index (χ2n) is 4.68. The number of carbonyl (C=O) groups is 1. The van der Waals surface area contributed by atoms with Gasteiger partial charge in [0.15, 0.2) is 0 Å². The van der Waals surface area contributed by atoms with Gasteiger partial charge in [0.2, 0.25) is 0 Å². The van der Waals surface area contributed by atoms with E-state index in [9.17, 15) is 4.79 Å². The van der Waals surface area contributed by atoms with Gasteiger partial charge in [-0.3, -0.25) is 4.79 Å². The van der Waals surface area contributed by atoms with Gasteiger partial charge in [-0.05, 0) is 26.0 Å². The number of rotatable bonds is 4. The second kappa shape index (κ2) is 8.31. The van der Waals surface area contributed by atoms with Gasteiger partial charge in [-0.25, -0.2) is 4.98 Å². The highest BCUT2D eigenvalue weighted by Crippen LogP contribution is 2.32. The minimum Gasteiger partial charge on any atom is -0.345 e. The average molecular weight is 389 g/mol. The molecule has 2 rings (SSSR count). The van der Waals surface area contributed by atoms with Crippen molar-refractivity contribution in [1.29, 1.82) is 0 Å². The molecule has 0 aliphatic heterocycles. The molecule has 0 aliphatic carbocycles. The molecule has 118 valence electrons. The van der Waals surface area contributed by atoms with Gasteiger partial charge in [-0.1, -0.05) is 11.6 Å². The number of halogens is 3. The Hall–Kier alpha value is -0.370. The van der Waals surface area contributed by atoms with E-state index >= 15 is 0 Å². The van der Waals surface area contributed by atoms with Crippen LogP contribution in [0.25, 0.3) is 9.88 Å². The summed E-state index contributed by atoms with van der Waals surface area (Å²) in [4.78, 5) is 17.3. The normalized spacial score (nSPS) is 10.5. The predicted octanol–water partition coefficient (Wildman–Crippen LogP) is 3.84. The zero-order chi connectivity index (χ0) is 14.0. The fraction of sp³-hybridized carbons (Fsp3) is 0.333. The molecule has 0 bridgehead atoms. The minimum absolute atomic E-state index is 0. The molecule has 0 saturated carbocycles. The van der Waals surface area contributed by atoms with E-state index in [1.54, 1.807) is 5.38 Å². The first kappa shape index (κ1) is 20.6. The van der Waals surface area contributed by atoms with Gasteiger partial charge < -0.3 is 11.1 Å². The summed E-state index contributed by atoms with van der Waals surface area (Å²) in [7, 11) is 0. The Balaban J connectivity index is 0.00000200. The second-order valence-corrected chi connectivity index (χ2v) is 7.26. The highest BCUT2D eigenvalue weighted by atomic mass is 35.5. The Kier molecular flexibility index (Phi) is 8.17. The van der Waals surface area contributed by atoms with Crippen molar-refractivity contribution in [3.8, 4) is 9.88 Å². The maximum Gasteiger partial charge on any atom is 0.271 e. The average Bonchev–Trinajstić information content (AvgIpc) is 2.96. The Bertz CT molecular complexity index is 598. The van der Waals surface area contributed by atoms with Gasteiger partial charge in [0.25, 0.3) is 5.91 Å². The van der Waals surface area contributed by atoms with E-state index in [1.165, 1.54) is 22.7 Å². The number of nitrogens with one attached hydrogen (secondary N) is 1. The first-order chi connectivity index (χ1) is 8.91. The molecule has 1 amide bonds. The molecule has 3 N–H and O–H groups in total. The number of thiazole rings is 1. The van der Waals surface area contributed by atoms with Crippen LogP contribution in [0.5, 0.6) is 0 Å². The van der Waals surface area contributed by atoms with Gasteiger partial charge in [-0.15, -0.1) is 47.5 Å². The fourth-order valence-corrected chi connectivity index (χ4v) is 3.26. The van der Waals surface area contributed by atoms with Crippen LogP contribution >= 0.6 is 59.1 Å². The van der Waals surface area contributed by atoms with Crippen LogP contribution in [0.4, 0.5) is 0 Å². The van der Waals surface area contributed by atoms with Crippen molar-refractivity contribution in [2.45, 2.75) is 19.4 Å². The molecular formula is C12H16Cl3N3OS2. The van der Waals surface area contributed by atoms with Crippen molar-refractivity contribution in [3.05, 3.63) is 27.5 Å². The van der Waals surface area contributed by atoms with E-state index in [4.69, 9.17) is 17.3 Å². The van der Waals surface area contributed by atoms with Crippen molar-refractivity contribution in [2.24, 2.45) is 5.73 Å². The summed E-state index contributed by atoms with van der Waals surface area (Å²) >= 11 is 8.76. The molecule has 0 aliphatic rings. The third kappa shape index (κ3) is 5.39. The molecule has 0 saturated heterocycles. The molecule has 0 fully saturated rings. The zero-order valence-corrected chi connectivity index (χ0v) is 15.4. The number of thiophene rings is 1. The lowest BCUT2D eigenvalue weighted by molar-refractivity contribution is 0.0911. The Labute approximate surface area is 148 Å². The van der Waals surface area contributed by atoms with E-state index in [0.29, 0.717) is 16.6 Å².